The predicted octanol–water partition coefficient (Wildman–Crippen LogP) is 3.09. The molecule has 1 amide bonds. The van der Waals surface area contributed by atoms with Gasteiger partial charge in [0.05, 0.1) is 0 Å². The molecule has 1 fully saturated rings. The topological polar surface area (TPSA) is 52.6 Å². The molecule has 21 heavy (non-hydrogen) atoms. The van der Waals surface area contributed by atoms with Gasteiger partial charge in [0.2, 0.25) is 0 Å². The number of hydrogen-bond donors (Lipinski definition) is 2. The molecular formula is C16H16N2O2S. The van der Waals surface area contributed by atoms with E-state index in [0.717, 1.165) is 23.4 Å². The van der Waals surface area contributed by atoms with Crippen LogP contribution in [0.5, 0.6) is 0 Å². The average Bonchev–Trinajstić information content (AvgIpc) is 3.05. The summed E-state index contributed by atoms with van der Waals surface area (Å²) in [6.07, 6.45) is 0.734. The van der Waals surface area contributed by atoms with E-state index >= 15 is 0 Å². The Morgan fingerprint density at radius 1 is 1.10 bits per heavy atom. The molecule has 3 rings (SSSR count). The van der Waals surface area contributed by atoms with Gasteiger partial charge in [0.1, 0.15) is 6.04 Å². The Bertz CT molecular complexity index is 616. The van der Waals surface area contributed by atoms with Gasteiger partial charge in [0.25, 0.3) is 5.91 Å². The molecule has 0 aromatic heterocycles. The molecule has 0 aliphatic carbocycles. The van der Waals surface area contributed by atoms with Crippen LogP contribution in [0, 0.1) is 0 Å². The number of anilines is 1. The van der Waals surface area contributed by atoms with E-state index in [1.54, 1.807) is 17.4 Å². The summed E-state index contributed by atoms with van der Waals surface area (Å²) < 4.78 is 1.96. The lowest BCUT2D eigenvalue weighted by Gasteiger charge is -2.23. The molecule has 1 saturated heterocycles. The van der Waals surface area contributed by atoms with Crippen LogP contribution in [0.2, 0.25) is 0 Å². The van der Waals surface area contributed by atoms with E-state index in [9.17, 15) is 4.79 Å². The van der Waals surface area contributed by atoms with Crippen LogP contribution in [0.1, 0.15) is 6.42 Å². The molecule has 0 saturated carbocycles. The summed E-state index contributed by atoms with van der Waals surface area (Å²) in [5.41, 5.74) is 5.04. The number of rotatable bonds is 3. The summed E-state index contributed by atoms with van der Waals surface area (Å²) in [6.45, 7) is 0. The van der Waals surface area contributed by atoms with Gasteiger partial charge in [-0.15, -0.1) is 0 Å². The Morgan fingerprint density at radius 3 is 2.43 bits per heavy atom. The Morgan fingerprint density at radius 2 is 1.76 bits per heavy atom. The Balaban J connectivity index is 1.82. The lowest BCUT2D eigenvalue weighted by molar-refractivity contribution is -0.130. The van der Waals surface area contributed by atoms with E-state index < -0.39 is 0 Å². The van der Waals surface area contributed by atoms with Gasteiger partial charge >= 0.3 is 0 Å². The summed E-state index contributed by atoms with van der Waals surface area (Å²) in [5, 5.41) is 8.82. The van der Waals surface area contributed by atoms with E-state index in [4.69, 9.17) is 5.21 Å². The smallest absolute Gasteiger partial charge is 0.267 e. The van der Waals surface area contributed by atoms with Crippen molar-refractivity contribution < 1.29 is 10.0 Å². The maximum atomic E-state index is 11.7. The second-order valence-electron chi connectivity index (χ2n) is 4.85. The third-order valence-corrected chi connectivity index (χ3v) is 4.71. The molecule has 1 aliphatic rings. The standard InChI is InChI=1S/C16H16N2O2S/c19-16(17-20)15-10-11-21-18(15)14-8-6-13(7-9-14)12-4-2-1-3-5-12/h1-9,15,20H,10-11H2,(H,17,19). The van der Waals surface area contributed by atoms with Crippen molar-refractivity contribution in [2.24, 2.45) is 0 Å². The molecule has 1 aliphatic heterocycles. The molecule has 4 nitrogen and oxygen atoms in total. The number of hydroxylamine groups is 1. The number of nitrogens with zero attached hydrogens (tertiary/aromatic N) is 1. The molecule has 2 N–H and O–H groups in total. The van der Waals surface area contributed by atoms with Crippen molar-refractivity contribution >= 4 is 23.5 Å². The average molecular weight is 300 g/mol. The minimum Gasteiger partial charge on any atom is -0.304 e. The molecule has 2 aromatic rings. The molecule has 5 heteroatoms. The molecule has 2 aromatic carbocycles. The second-order valence-corrected chi connectivity index (χ2v) is 5.91. The number of carbonyl (C=O) groups excluding carboxylic acids is 1. The van der Waals surface area contributed by atoms with Gasteiger partial charge in [0.15, 0.2) is 0 Å². The summed E-state index contributed by atoms with van der Waals surface area (Å²) in [4.78, 5) is 11.7. The highest BCUT2D eigenvalue weighted by atomic mass is 32.2. The van der Waals surface area contributed by atoms with Gasteiger partial charge in [-0.2, -0.15) is 0 Å². The largest absolute Gasteiger partial charge is 0.304 e. The van der Waals surface area contributed by atoms with E-state index in [1.807, 2.05) is 34.6 Å². The van der Waals surface area contributed by atoms with Crippen LogP contribution in [0.4, 0.5) is 5.69 Å². The van der Waals surface area contributed by atoms with Gasteiger partial charge in [-0.3, -0.25) is 10.0 Å². The lowest BCUT2D eigenvalue weighted by atomic mass is 10.1. The molecule has 1 heterocycles. The highest BCUT2D eigenvalue weighted by Gasteiger charge is 2.31. The number of hydrogen-bond acceptors (Lipinski definition) is 4. The SMILES string of the molecule is O=C(NO)C1CCSN1c1ccc(-c2ccccc2)cc1. The van der Waals surface area contributed by atoms with Crippen LogP contribution in [0.3, 0.4) is 0 Å². The van der Waals surface area contributed by atoms with Gasteiger partial charge in [-0.25, -0.2) is 5.48 Å². The zero-order valence-electron chi connectivity index (χ0n) is 11.4. The van der Waals surface area contributed by atoms with E-state index in [0.29, 0.717) is 0 Å². The maximum absolute atomic E-state index is 11.7. The van der Waals surface area contributed by atoms with Crippen molar-refractivity contribution in [3.8, 4) is 11.1 Å². The van der Waals surface area contributed by atoms with Crippen molar-refractivity contribution in [2.75, 3.05) is 10.1 Å². The van der Waals surface area contributed by atoms with Crippen LogP contribution in [-0.2, 0) is 4.79 Å². The van der Waals surface area contributed by atoms with Crippen LogP contribution in [0.25, 0.3) is 11.1 Å². The Hall–Kier alpha value is -1.98. The van der Waals surface area contributed by atoms with Crippen molar-refractivity contribution in [3.63, 3.8) is 0 Å². The van der Waals surface area contributed by atoms with Crippen molar-refractivity contribution in [1.29, 1.82) is 0 Å². The predicted molar refractivity (Wildman–Crippen MR) is 85.1 cm³/mol. The lowest BCUT2D eigenvalue weighted by Crippen LogP contribution is -2.39. The monoisotopic (exact) mass is 300 g/mol. The van der Waals surface area contributed by atoms with Crippen LogP contribution in [0.15, 0.2) is 54.6 Å². The normalized spacial score (nSPS) is 17.8. The van der Waals surface area contributed by atoms with Crippen LogP contribution < -0.4 is 9.79 Å². The van der Waals surface area contributed by atoms with E-state index in [2.05, 4.69) is 24.3 Å². The zero-order chi connectivity index (χ0) is 14.7. The number of carbonyl (C=O) groups is 1. The van der Waals surface area contributed by atoms with Crippen LogP contribution >= 0.6 is 11.9 Å². The van der Waals surface area contributed by atoms with Crippen molar-refractivity contribution in [1.82, 2.24) is 5.48 Å². The summed E-state index contributed by atoms with van der Waals surface area (Å²) in [5.74, 6) is 0.519. The Labute approximate surface area is 127 Å². The van der Waals surface area contributed by atoms with Crippen molar-refractivity contribution in [2.45, 2.75) is 12.5 Å². The summed E-state index contributed by atoms with van der Waals surface area (Å²) in [7, 11) is 0. The third kappa shape index (κ3) is 2.89. The number of amides is 1. The molecule has 108 valence electrons. The quantitative estimate of drug-likeness (QED) is 0.519. The molecule has 0 radical (unpaired) electrons. The third-order valence-electron chi connectivity index (χ3n) is 3.55. The highest BCUT2D eigenvalue weighted by Crippen LogP contribution is 2.34. The van der Waals surface area contributed by atoms with Gasteiger partial charge in [-0.1, -0.05) is 42.5 Å². The fourth-order valence-electron chi connectivity index (χ4n) is 2.47. The van der Waals surface area contributed by atoms with Crippen LogP contribution in [-0.4, -0.2) is 22.9 Å². The minimum atomic E-state index is -0.355. The molecule has 0 spiro atoms. The fourth-order valence-corrected chi connectivity index (χ4v) is 3.65. The van der Waals surface area contributed by atoms with E-state index in [1.165, 1.54) is 5.56 Å². The first-order valence-corrected chi connectivity index (χ1v) is 7.75. The first-order valence-electron chi connectivity index (χ1n) is 6.81. The first kappa shape index (κ1) is 14.0. The van der Waals surface area contributed by atoms with Gasteiger partial charge < -0.3 is 4.31 Å². The first-order chi connectivity index (χ1) is 10.3. The Kier molecular flexibility index (Phi) is 4.13. The molecule has 1 unspecified atom stereocenters. The van der Waals surface area contributed by atoms with Gasteiger partial charge in [0, 0.05) is 11.4 Å². The maximum Gasteiger partial charge on any atom is 0.267 e. The second kappa shape index (κ2) is 6.20. The summed E-state index contributed by atoms with van der Waals surface area (Å²) >= 11 is 1.61. The highest BCUT2D eigenvalue weighted by molar-refractivity contribution is 8.01. The van der Waals surface area contributed by atoms with Crippen molar-refractivity contribution in [3.05, 3.63) is 54.6 Å². The fraction of sp³-hybridized carbons (Fsp3) is 0.188. The summed E-state index contributed by atoms with van der Waals surface area (Å²) in [6, 6.07) is 18.0. The molecule has 1 atom stereocenters. The molecule has 0 bridgehead atoms. The zero-order valence-corrected chi connectivity index (χ0v) is 12.2. The number of nitrogens with one attached hydrogen (secondary N) is 1. The van der Waals surface area contributed by atoms with Gasteiger partial charge in [-0.05, 0) is 41.6 Å². The minimum absolute atomic E-state index is 0.317. The number of benzene rings is 2. The van der Waals surface area contributed by atoms with E-state index in [-0.39, 0.29) is 11.9 Å². The molecular weight excluding hydrogens is 284 g/mol.